The van der Waals surface area contributed by atoms with Gasteiger partial charge in [-0.1, -0.05) is 23.5 Å². The summed E-state index contributed by atoms with van der Waals surface area (Å²) in [5.74, 6) is 0.127. The summed E-state index contributed by atoms with van der Waals surface area (Å²) in [5.41, 5.74) is 3.68. The van der Waals surface area contributed by atoms with E-state index in [1.165, 1.54) is 23.5 Å². The van der Waals surface area contributed by atoms with Gasteiger partial charge in [-0.2, -0.15) is 0 Å². The zero-order valence-corrected chi connectivity index (χ0v) is 22.9. The summed E-state index contributed by atoms with van der Waals surface area (Å²) in [4.78, 5) is 18.7. The molecule has 1 fully saturated rings. The van der Waals surface area contributed by atoms with Crippen molar-refractivity contribution >= 4 is 32.7 Å². The number of nitrogens with zero attached hydrogens (tertiary/aromatic N) is 2. The highest BCUT2D eigenvalue weighted by Crippen LogP contribution is 2.41. The van der Waals surface area contributed by atoms with E-state index < -0.39 is 5.97 Å². The normalized spacial score (nSPS) is 13.9. The molecular formula is C30H32FN3O4S. The number of halogens is 1. The van der Waals surface area contributed by atoms with Gasteiger partial charge < -0.3 is 24.8 Å². The fraction of sp³-hybridized carbons (Fsp3) is 0.333. The minimum absolute atomic E-state index is 0.255. The minimum atomic E-state index is -0.949. The number of aromatic carboxylic acids is 1. The molecule has 1 aliphatic heterocycles. The Balaban J connectivity index is 1.57. The molecular weight excluding hydrogens is 517 g/mol. The summed E-state index contributed by atoms with van der Waals surface area (Å²) < 4.78 is 26.7. The molecule has 39 heavy (non-hydrogen) atoms. The van der Waals surface area contributed by atoms with Crippen LogP contribution in [-0.4, -0.2) is 48.4 Å². The highest BCUT2D eigenvalue weighted by atomic mass is 32.1. The summed E-state index contributed by atoms with van der Waals surface area (Å²) in [5, 5.41) is 13.7. The van der Waals surface area contributed by atoms with Crippen LogP contribution in [0.25, 0.3) is 21.3 Å². The monoisotopic (exact) mass is 549 g/mol. The maximum Gasteiger partial charge on any atom is 0.335 e. The van der Waals surface area contributed by atoms with E-state index in [4.69, 9.17) is 14.5 Å². The van der Waals surface area contributed by atoms with Gasteiger partial charge in [0.1, 0.15) is 17.3 Å². The van der Waals surface area contributed by atoms with Gasteiger partial charge in [-0.05, 0) is 93.4 Å². The van der Waals surface area contributed by atoms with Gasteiger partial charge in [0, 0.05) is 12.6 Å². The van der Waals surface area contributed by atoms with Crippen molar-refractivity contribution in [2.24, 2.45) is 0 Å². The number of nitrogens with one attached hydrogen (secondary N) is 1. The van der Waals surface area contributed by atoms with Crippen LogP contribution in [0.2, 0.25) is 0 Å². The first-order chi connectivity index (χ1) is 19.0. The molecule has 1 saturated heterocycles. The summed E-state index contributed by atoms with van der Waals surface area (Å²) >= 11 is 1.51. The zero-order chi connectivity index (χ0) is 27.4. The summed E-state index contributed by atoms with van der Waals surface area (Å²) in [6.45, 7) is 7.26. The van der Waals surface area contributed by atoms with Crippen molar-refractivity contribution in [3.63, 3.8) is 0 Å². The Hall–Kier alpha value is -3.69. The number of piperidine rings is 1. The number of ether oxygens (including phenoxy) is 2. The average molecular weight is 550 g/mol. The lowest BCUT2D eigenvalue weighted by atomic mass is 9.99. The van der Waals surface area contributed by atoms with Crippen LogP contribution in [0.5, 0.6) is 11.5 Å². The minimum Gasteiger partial charge on any atom is -0.493 e. The third-order valence-electron chi connectivity index (χ3n) is 6.83. The predicted octanol–water partition coefficient (Wildman–Crippen LogP) is 6.36. The lowest BCUT2D eigenvalue weighted by Crippen LogP contribution is -2.43. The number of rotatable bonds is 10. The van der Waals surface area contributed by atoms with Crippen LogP contribution >= 0.6 is 11.3 Å². The molecule has 2 N–H and O–H groups in total. The van der Waals surface area contributed by atoms with Crippen LogP contribution in [0, 0.1) is 5.82 Å². The second kappa shape index (κ2) is 12.0. The smallest absolute Gasteiger partial charge is 0.335 e. The maximum atomic E-state index is 13.7. The van der Waals surface area contributed by atoms with Crippen LogP contribution in [0.15, 0.2) is 54.6 Å². The van der Waals surface area contributed by atoms with Gasteiger partial charge in [0.15, 0.2) is 5.13 Å². The Morgan fingerprint density at radius 3 is 2.33 bits per heavy atom. The number of carboxylic acids is 1. The van der Waals surface area contributed by atoms with Crippen LogP contribution in [0.4, 0.5) is 9.52 Å². The number of fused-ring (bicyclic) bond motifs is 1. The second-order valence-corrected chi connectivity index (χ2v) is 10.4. The van der Waals surface area contributed by atoms with E-state index in [1.807, 2.05) is 26.0 Å². The number of carboxylic acid groups (broad SMARTS) is 1. The summed E-state index contributed by atoms with van der Waals surface area (Å²) in [6, 6.07) is 15.8. The van der Waals surface area contributed by atoms with Crippen molar-refractivity contribution < 1.29 is 23.8 Å². The Morgan fingerprint density at radius 2 is 1.72 bits per heavy atom. The molecule has 1 aliphatic rings. The van der Waals surface area contributed by atoms with Gasteiger partial charge >= 0.3 is 5.97 Å². The quantitative estimate of drug-likeness (QED) is 0.238. The molecule has 2 heterocycles. The molecule has 7 nitrogen and oxygen atoms in total. The van der Waals surface area contributed by atoms with Gasteiger partial charge in [0.2, 0.25) is 0 Å². The summed E-state index contributed by atoms with van der Waals surface area (Å²) in [7, 11) is 0. The van der Waals surface area contributed by atoms with Crippen LogP contribution < -0.4 is 19.7 Å². The van der Waals surface area contributed by atoms with E-state index in [-0.39, 0.29) is 17.4 Å². The fourth-order valence-corrected chi connectivity index (χ4v) is 6.09. The molecule has 1 aromatic heterocycles. The van der Waals surface area contributed by atoms with E-state index >= 15 is 0 Å². The highest BCUT2D eigenvalue weighted by molar-refractivity contribution is 7.22. The van der Waals surface area contributed by atoms with Gasteiger partial charge in [-0.15, -0.1) is 0 Å². The Morgan fingerprint density at radius 1 is 1.05 bits per heavy atom. The van der Waals surface area contributed by atoms with Crippen molar-refractivity contribution in [2.75, 3.05) is 31.2 Å². The number of anilines is 1. The molecule has 4 aromatic rings. The van der Waals surface area contributed by atoms with Crippen LogP contribution in [0.3, 0.4) is 0 Å². The molecule has 0 amide bonds. The molecule has 204 valence electrons. The molecule has 9 heteroatoms. The Kier molecular flexibility index (Phi) is 8.28. The van der Waals surface area contributed by atoms with E-state index in [9.17, 15) is 14.3 Å². The van der Waals surface area contributed by atoms with E-state index in [1.54, 1.807) is 30.3 Å². The molecule has 0 bridgehead atoms. The SMILES string of the molecule is CCOc1cc(CN(c2nc3ccc(C(=O)O)cc3s2)C2CCNCC2)cc(OCC)c1-c1ccc(F)cc1. The number of aromatic nitrogens is 1. The molecule has 0 aliphatic carbocycles. The lowest BCUT2D eigenvalue weighted by molar-refractivity contribution is 0.0697. The van der Waals surface area contributed by atoms with Crippen molar-refractivity contribution in [1.29, 1.82) is 0 Å². The second-order valence-electron chi connectivity index (χ2n) is 9.43. The first-order valence-corrected chi connectivity index (χ1v) is 14.1. The molecule has 0 radical (unpaired) electrons. The Labute approximate surface area is 231 Å². The zero-order valence-electron chi connectivity index (χ0n) is 22.1. The third-order valence-corrected chi connectivity index (χ3v) is 7.89. The van der Waals surface area contributed by atoms with Gasteiger partial charge in [0.25, 0.3) is 0 Å². The third kappa shape index (κ3) is 5.99. The standard InChI is InChI=1S/C30H32FN3O4S/c1-3-37-25-15-19(16-26(38-4-2)28(25)20-5-8-22(31)9-6-20)18-34(23-11-13-32-14-12-23)30-33-24-10-7-21(29(35)36)17-27(24)39-30/h5-10,15-17,23,32H,3-4,11-14,18H2,1-2H3,(H,35,36). The largest absolute Gasteiger partial charge is 0.493 e. The van der Waals surface area contributed by atoms with E-state index in [2.05, 4.69) is 10.2 Å². The van der Waals surface area contributed by atoms with Crippen LogP contribution in [0.1, 0.15) is 42.6 Å². The topological polar surface area (TPSA) is 83.9 Å². The number of carbonyl (C=O) groups is 1. The lowest BCUT2D eigenvalue weighted by Gasteiger charge is -2.35. The predicted molar refractivity (Wildman–Crippen MR) is 153 cm³/mol. The summed E-state index contributed by atoms with van der Waals surface area (Å²) in [6.07, 6.45) is 1.95. The van der Waals surface area contributed by atoms with Gasteiger partial charge in [-0.25, -0.2) is 14.2 Å². The van der Waals surface area contributed by atoms with Gasteiger partial charge in [-0.3, -0.25) is 0 Å². The maximum absolute atomic E-state index is 13.7. The van der Waals surface area contributed by atoms with E-state index in [0.717, 1.165) is 58.0 Å². The number of hydrogen-bond donors (Lipinski definition) is 2. The van der Waals surface area contributed by atoms with E-state index in [0.29, 0.717) is 31.3 Å². The fourth-order valence-electron chi connectivity index (χ4n) is 5.01. The number of benzene rings is 3. The first-order valence-electron chi connectivity index (χ1n) is 13.3. The molecule has 0 saturated carbocycles. The number of thiazole rings is 1. The molecule has 3 aromatic carbocycles. The van der Waals surface area contributed by atoms with Gasteiger partial charge in [0.05, 0.1) is 34.6 Å². The number of hydrogen-bond acceptors (Lipinski definition) is 7. The van der Waals surface area contributed by atoms with Crippen LogP contribution in [-0.2, 0) is 6.54 Å². The first kappa shape index (κ1) is 26.9. The van der Waals surface area contributed by atoms with Crippen molar-refractivity contribution in [1.82, 2.24) is 10.3 Å². The van der Waals surface area contributed by atoms with Crippen molar-refractivity contribution in [2.45, 2.75) is 39.3 Å². The average Bonchev–Trinajstić information content (AvgIpc) is 3.36. The van der Waals surface area contributed by atoms with Crippen molar-refractivity contribution in [3.05, 3.63) is 71.5 Å². The molecule has 0 spiro atoms. The molecule has 0 atom stereocenters. The Bertz CT molecular complexity index is 1420. The van der Waals surface area contributed by atoms with Crippen molar-refractivity contribution in [3.8, 4) is 22.6 Å². The molecule has 5 rings (SSSR count). The molecule has 0 unspecified atom stereocenters. The highest BCUT2D eigenvalue weighted by Gasteiger charge is 2.26.